The average Bonchev–Trinajstić information content (AvgIpc) is 3.58. The van der Waals surface area contributed by atoms with Crippen molar-refractivity contribution >= 4 is 26.7 Å². The molecule has 0 spiro atoms. The zero-order valence-electron chi connectivity index (χ0n) is 24.0. The van der Waals surface area contributed by atoms with Crippen molar-refractivity contribution < 1.29 is 17.9 Å². The number of hydrogen-bond donors (Lipinski definition) is 0. The molecule has 0 saturated carbocycles. The number of rotatable bonds is 9. The predicted octanol–water partition coefficient (Wildman–Crippen LogP) is 6.56. The molecule has 42 heavy (non-hydrogen) atoms. The number of ether oxygens (including phenoxy) is 2. The zero-order valence-corrected chi connectivity index (χ0v) is 25.6. The molecule has 1 aliphatic carbocycles. The van der Waals surface area contributed by atoms with Gasteiger partial charge in [0.05, 0.1) is 25.7 Å². The van der Waals surface area contributed by atoms with Gasteiger partial charge >= 0.3 is 0 Å². The molecule has 2 heterocycles. The van der Waals surface area contributed by atoms with E-state index in [9.17, 15) is 8.42 Å². The van der Waals surface area contributed by atoms with Crippen LogP contribution in [0.15, 0.2) is 78.0 Å². The van der Waals surface area contributed by atoms with Gasteiger partial charge in [-0.05, 0) is 79.6 Å². The second-order valence-electron chi connectivity index (χ2n) is 10.8. The first-order valence-corrected chi connectivity index (χ1v) is 16.6. The molecule has 10 heteroatoms. The Morgan fingerprint density at radius 2 is 1.79 bits per heavy atom. The minimum Gasteiger partial charge on any atom is -0.497 e. The number of sulfonamides is 1. The van der Waals surface area contributed by atoms with Gasteiger partial charge in [0.2, 0.25) is 5.13 Å². The lowest BCUT2D eigenvalue weighted by Crippen LogP contribution is -2.38. The first-order chi connectivity index (χ1) is 20.5. The lowest BCUT2D eigenvalue weighted by Gasteiger charge is -2.44. The van der Waals surface area contributed by atoms with Gasteiger partial charge in [-0.15, -0.1) is 0 Å². The Labute approximate surface area is 252 Å². The summed E-state index contributed by atoms with van der Waals surface area (Å²) >= 11 is 1.05. The number of hydrogen-bond acceptors (Lipinski definition) is 8. The van der Waals surface area contributed by atoms with Crippen molar-refractivity contribution in [3.8, 4) is 11.5 Å². The van der Waals surface area contributed by atoms with E-state index in [-0.39, 0.29) is 17.5 Å². The van der Waals surface area contributed by atoms with Crippen molar-refractivity contribution in [2.45, 2.75) is 62.0 Å². The molecular formula is C32H36N4O4S2. The van der Waals surface area contributed by atoms with Crippen LogP contribution in [0.4, 0.5) is 5.13 Å². The van der Waals surface area contributed by atoms with Crippen LogP contribution in [-0.2, 0) is 23.0 Å². The summed E-state index contributed by atoms with van der Waals surface area (Å²) in [6.45, 7) is 1.11. The Morgan fingerprint density at radius 3 is 2.55 bits per heavy atom. The number of fused-ring (bicyclic) bond motifs is 1. The molecule has 0 unspecified atom stereocenters. The van der Waals surface area contributed by atoms with Crippen LogP contribution in [0.5, 0.6) is 11.5 Å². The second kappa shape index (κ2) is 12.4. The lowest BCUT2D eigenvalue weighted by molar-refractivity contribution is 0.0835. The van der Waals surface area contributed by atoms with Gasteiger partial charge in [-0.25, -0.2) is 17.7 Å². The number of methoxy groups -OCH3 is 2. The van der Waals surface area contributed by atoms with Gasteiger partial charge in [-0.3, -0.25) is 4.90 Å². The Hall–Kier alpha value is -3.47. The van der Waals surface area contributed by atoms with E-state index in [0.29, 0.717) is 28.2 Å². The highest BCUT2D eigenvalue weighted by Crippen LogP contribution is 2.43. The fraction of sp³-hybridized carbons (Fsp3) is 0.375. The first kappa shape index (κ1) is 28.6. The molecule has 2 atom stereocenters. The smallest absolute Gasteiger partial charge is 0.266 e. The summed E-state index contributed by atoms with van der Waals surface area (Å²) < 4.78 is 44.8. The van der Waals surface area contributed by atoms with Gasteiger partial charge in [-0.1, -0.05) is 42.8 Å². The monoisotopic (exact) mass is 604 g/mol. The van der Waals surface area contributed by atoms with Crippen LogP contribution in [-0.4, -0.2) is 43.4 Å². The molecule has 1 aliphatic heterocycles. The highest BCUT2D eigenvalue weighted by Gasteiger charge is 2.35. The number of aromatic nitrogens is 2. The molecule has 0 bridgehead atoms. The summed E-state index contributed by atoms with van der Waals surface area (Å²) in [7, 11) is -0.806. The molecule has 0 amide bonds. The minimum absolute atomic E-state index is 0.0525. The molecule has 0 N–H and O–H groups in total. The summed E-state index contributed by atoms with van der Waals surface area (Å²) in [5.41, 5.74) is 4.43. The summed E-state index contributed by atoms with van der Waals surface area (Å²) in [5.74, 6) is 1.18. The van der Waals surface area contributed by atoms with Gasteiger partial charge in [0.15, 0.2) is 0 Å². The van der Waals surface area contributed by atoms with Crippen LogP contribution in [0, 0.1) is 0 Å². The molecule has 0 radical (unpaired) electrons. The molecular weight excluding hydrogens is 569 g/mol. The summed E-state index contributed by atoms with van der Waals surface area (Å²) in [4.78, 5) is 7.20. The Kier molecular flexibility index (Phi) is 8.46. The molecule has 1 fully saturated rings. The number of benzene rings is 3. The average molecular weight is 605 g/mol. The fourth-order valence-electron chi connectivity index (χ4n) is 6.43. The SMILES string of the molecule is COc1ccc(CN(c2ncns2)S(=O)(=O)c2ccc3c(c2)CCC[C@@H]3N2CCCC[C@H]2c2ccccc2)c(OC)c1. The molecule has 1 saturated heterocycles. The number of nitrogens with zero attached hydrogens (tertiary/aromatic N) is 4. The van der Waals surface area contributed by atoms with E-state index in [2.05, 4.69) is 50.7 Å². The lowest BCUT2D eigenvalue weighted by atomic mass is 9.83. The highest BCUT2D eigenvalue weighted by molar-refractivity contribution is 7.93. The summed E-state index contributed by atoms with van der Waals surface area (Å²) in [6, 6.07) is 22.5. The molecule has 3 aromatic carbocycles. The maximum Gasteiger partial charge on any atom is 0.266 e. The van der Waals surface area contributed by atoms with E-state index in [0.717, 1.165) is 49.3 Å². The zero-order chi connectivity index (χ0) is 29.1. The third-order valence-corrected chi connectivity index (χ3v) is 11.0. The largest absolute Gasteiger partial charge is 0.497 e. The Balaban J connectivity index is 1.33. The maximum absolute atomic E-state index is 14.3. The molecule has 8 nitrogen and oxygen atoms in total. The van der Waals surface area contributed by atoms with Gasteiger partial charge < -0.3 is 9.47 Å². The van der Waals surface area contributed by atoms with Crippen molar-refractivity contribution in [1.82, 2.24) is 14.3 Å². The van der Waals surface area contributed by atoms with Gasteiger partial charge in [0, 0.05) is 35.2 Å². The standard InChI is InChI=1S/C32H36N4O4S2/c1-39-26-15-14-25(31(20-26)40-2)21-36(32-33-22-34-41-32)42(37,38)27-16-17-28-24(19-27)11-8-13-30(28)35-18-7-6-12-29(35)23-9-4-3-5-10-23/h3-5,9-10,14-17,19-20,22,29-30H,6-8,11-13,18,21H2,1-2H3/t29-,30-/m0/s1. The Morgan fingerprint density at radius 1 is 0.952 bits per heavy atom. The number of aryl methyl sites for hydroxylation is 1. The van der Waals surface area contributed by atoms with Crippen molar-refractivity contribution in [3.05, 3.63) is 95.3 Å². The number of piperidine rings is 1. The Bertz CT molecular complexity index is 1610. The quantitative estimate of drug-likeness (QED) is 0.214. The van der Waals surface area contributed by atoms with E-state index >= 15 is 0 Å². The second-order valence-corrected chi connectivity index (χ2v) is 13.5. The normalized spacial score (nSPS) is 19.2. The fourth-order valence-corrected chi connectivity index (χ4v) is 8.61. The van der Waals surface area contributed by atoms with E-state index in [1.807, 2.05) is 12.1 Å². The topological polar surface area (TPSA) is 84.9 Å². The first-order valence-electron chi connectivity index (χ1n) is 14.4. The van der Waals surface area contributed by atoms with E-state index in [4.69, 9.17) is 9.47 Å². The van der Waals surface area contributed by atoms with Gasteiger partial charge in [0.25, 0.3) is 10.0 Å². The number of likely N-dealkylation sites (tertiary alicyclic amines) is 1. The van der Waals surface area contributed by atoms with E-state index in [1.54, 1.807) is 32.4 Å². The predicted molar refractivity (Wildman–Crippen MR) is 165 cm³/mol. The molecule has 1 aromatic heterocycles. The van der Waals surface area contributed by atoms with Crippen LogP contribution < -0.4 is 13.8 Å². The van der Waals surface area contributed by atoms with Gasteiger partial charge in [0.1, 0.15) is 17.8 Å². The van der Waals surface area contributed by atoms with Crippen molar-refractivity contribution in [1.29, 1.82) is 0 Å². The van der Waals surface area contributed by atoms with Crippen LogP contribution in [0.2, 0.25) is 0 Å². The van der Waals surface area contributed by atoms with Crippen LogP contribution in [0.25, 0.3) is 0 Å². The van der Waals surface area contributed by atoms with Crippen LogP contribution in [0.3, 0.4) is 0 Å². The molecule has 6 rings (SSSR count). The van der Waals surface area contributed by atoms with Gasteiger partial charge in [-0.2, -0.15) is 4.37 Å². The third kappa shape index (κ3) is 5.63. The van der Waals surface area contributed by atoms with E-state index < -0.39 is 10.0 Å². The van der Waals surface area contributed by atoms with Crippen molar-refractivity contribution in [3.63, 3.8) is 0 Å². The number of anilines is 1. The van der Waals surface area contributed by atoms with Crippen molar-refractivity contribution in [2.24, 2.45) is 0 Å². The minimum atomic E-state index is -3.95. The maximum atomic E-state index is 14.3. The molecule has 2 aliphatic rings. The molecule has 220 valence electrons. The van der Waals surface area contributed by atoms with E-state index in [1.165, 1.54) is 34.6 Å². The summed E-state index contributed by atoms with van der Waals surface area (Å²) in [5, 5.41) is 0.308. The molecule has 4 aromatic rings. The summed E-state index contributed by atoms with van der Waals surface area (Å²) in [6.07, 6.45) is 7.92. The van der Waals surface area contributed by atoms with Crippen LogP contribution in [0.1, 0.15) is 66.4 Å². The highest BCUT2D eigenvalue weighted by atomic mass is 32.2. The van der Waals surface area contributed by atoms with Crippen LogP contribution >= 0.6 is 11.5 Å². The van der Waals surface area contributed by atoms with Crippen molar-refractivity contribution in [2.75, 3.05) is 25.1 Å². The third-order valence-electron chi connectivity index (χ3n) is 8.49.